The molecule has 1 rings (SSSR count). The number of nitrogens with zero attached hydrogens (tertiary/aromatic N) is 4. The van der Waals surface area contributed by atoms with E-state index in [1.807, 2.05) is 6.92 Å². The predicted octanol–water partition coefficient (Wildman–Crippen LogP) is -0.947. The smallest absolute Gasteiger partial charge is 0.339 e. The van der Waals surface area contributed by atoms with E-state index in [0.717, 1.165) is 16.3 Å². The molecule has 0 saturated carbocycles. The van der Waals surface area contributed by atoms with Crippen LogP contribution in [0.2, 0.25) is 0 Å². The quantitative estimate of drug-likeness (QED) is 0.0805. The average molecular weight is 442 g/mol. The van der Waals surface area contributed by atoms with Crippen molar-refractivity contribution < 1.29 is 34.8 Å². The standard InChI is InChI=1S/C16H22N6O7S/c1-9-10(21-8-20-9)6-30-4-3-22(15(18-2)19-7-17)12(13(25)26)16(29,14(27)28)5-11(23)24/h8,12,29H,3-6H2,1-2H3,(H,18,19)(H,20,21)(H,23,24)(H,25,26)(H,27,28). The number of carboxylic acid groups (broad SMARTS) is 3. The number of imidazole rings is 1. The molecule has 0 aliphatic heterocycles. The summed E-state index contributed by atoms with van der Waals surface area (Å²) in [7, 11) is 1.23. The number of aryl methyl sites for hydroxylation is 1. The second-order valence-corrected chi connectivity index (χ2v) is 7.15. The molecule has 6 N–H and O–H groups in total. The van der Waals surface area contributed by atoms with E-state index in [1.54, 1.807) is 6.19 Å². The number of nitrogens with one attached hydrogen (secondary N) is 2. The Morgan fingerprint density at radius 2 is 2.10 bits per heavy atom. The van der Waals surface area contributed by atoms with Crippen molar-refractivity contribution in [1.29, 1.82) is 5.26 Å². The minimum Gasteiger partial charge on any atom is -0.481 e. The van der Waals surface area contributed by atoms with E-state index >= 15 is 0 Å². The Morgan fingerprint density at radius 3 is 2.53 bits per heavy atom. The lowest BCUT2D eigenvalue weighted by atomic mass is 9.89. The van der Waals surface area contributed by atoms with Gasteiger partial charge in [0.2, 0.25) is 11.6 Å². The van der Waals surface area contributed by atoms with Gasteiger partial charge < -0.3 is 30.3 Å². The number of carbonyl (C=O) groups is 3. The van der Waals surface area contributed by atoms with E-state index in [4.69, 9.17) is 10.4 Å². The van der Waals surface area contributed by atoms with Crippen LogP contribution in [0.3, 0.4) is 0 Å². The van der Waals surface area contributed by atoms with Gasteiger partial charge in [0.05, 0.1) is 18.4 Å². The number of aliphatic hydroxyl groups is 1. The average Bonchev–Trinajstić information content (AvgIpc) is 3.06. The second-order valence-electron chi connectivity index (χ2n) is 6.04. The molecule has 0 aliphatic carbocycles. The van der Waals surface area contributed by atoms with Crippen molar-refractivity contribution in [3.8, 4) is 6.19 Å². The molecule has 1 heterocycles. The van der Waals surface area contributed by atoms with Gasteiger partial charge in [0, 0.05) is 30.8 Å². The molecule has 1 aromatic heterocycles. The van der Waals surface area contributed by atoms with Crippen LogP contribution in [0.1, 0.15) is 17.8 Å². The molecule has 0 aliphatic rings. The molecule has 0 fully saturated rings. The lowest BCUT2D eigenvalue weighted by molar-refractivity contribution is -0.178. The van der Waals surface area contributed by atoms with Crippen molar-refractivity contribution in [2.75, 3.05) is 19.3 Å². The first-order chi connectivity index (χ1) is 14.1. The fraction of sp³-hybridized carbons (Fsp3) is 0.500. The molecule has 14 heteroatoms. The molecule has 0 amide bonds. The number of hydrogen-bond acceptors (Lipinski definition) is 8. The van der Waals surface area contributed by atoms with Crippen LogP contribution < -0.4 is 5.32 Å². The third kappa shape index (κ3) is 6.09. The van der Waals surface area contributed by atoms with E-state index < -0.39 is 36.0 Å². The van der Waals surface area contributed by atoms with E-state index in [0.29, 0.717) is 5.75 Å². The molecule has 2 unspecified atom stereocenters. The van der Waals surface area contributed by atoms with Crippen LogP contribution in [0, 0.1) is 18.4 Å². The Balaban J connectivity index is 3.19. The summed E-state index contributed by atoms with van der Waals surface area (Å²) < 4.78 is 0. The van der Waals surface area contributed by atoms with E-state index in [1.165, 1.54) is 25.1 Å². The van der Waals surface area contributed by atoms with Gasteiger partial charge in [0.15, 0.2) is 12.2 Å². The Labute approximate surface area is 175 Å². The van der Waals surface area contributed by atoms with Crippen molar-refractivity contribution in [3.63, 3.8) is 0 Å². The van der Waals surface area contributed by atoms with E-state index in [2.05, 4.69) is 20.3 Å². The molecule has 30 heavy (non-hydrogen) atoms. The lowest BCUT2D eigenvalue weighted by Crippen LogP contribution is -2.65. The van der Waals surface area contributed by atoms with Crippen LogP contribution in [0.25, 0.3) is 0 Å². The summed E-state index contributed by atoms with van der Waals surface area (Å²) in [6.45, 7) is 1.66. The molecule has 1 aromatic rings. The molecule has 2 atom stereocenters. The maximum atomic E-state index is 11.9. The van der Waals surface area contributed by atoms with Gasteiger partial charge in [0.1, 0.15) is 0 Å². The van der Waals surface area contributed by atoms with Crippen LogP contribution in [-0.2, 0) is 20.1 Å². The summed E-state index contributed by atoms with van der Waals surface area (Å²) in [5.74, 6) is -5.18. The summed E-state index contributed by atoms with van der Waals surface area (Å²) in [4.78, 5) is 46.3. The zero-order valence-electron chi connectivity index (χ0n) is 16.2. The fourth-order valence-electron chi connectivity index (χ4n) is 2.64. The Hall–Kier alpha value is -3.31. The Morgan fingerprint density at radius 1 is 1.43 bits per heavy atom. The van der Waals surface area contributed by atoms with Crippen molar-refractivity contribution in [1.82, 2.24) is 20.2 Å². The fourth-order valence-corrected chi connectivity index (χ4v) is 3.60. The summed E-state index contributed by atoms with van der Waals surface area (Å²) in [5.41, 5.74) is -1.56. The molecule has 164 valence electrons. The largest absolute Gasteiger partial charge is 0.481 e. The van der Waals surface area contributed by atoms with Crippen LogP contribution in [-0.4, -0.2) is 90.1 Å². The number of H-pyrrole nitrogens is 1. The normalized spacial score (nSPS) is 14.3. The van der Waals surface area contributed by atoms with Crippen molar-refractivity contribution in [3.05, 3.63) is 17.7 Å². The lowest BCUT2D eigenvalue weighted by Gasteiger charge is -2.38. The SMILES string of the molecule is CN=C(NC#N)N(CCSCc1nc[nH]c1C)C(C(=O)O)C(O)(CC(=O)O)C(=O)O. The van der Waals surface area contributed by atoms with E-state index in [9.17, 15) is 29.7 Å². The van der Waals surface area contributed by atoms with Gasteiger partial charge in [-0.15, -0.1) is 0 Å². The van der Waals surface area contributed by atoms with Crippen LogP contribution in [0.15, 0.2) is 11.3 Å². The monoisotopic (exact) mass is 442 g/mol. The molecule has 0 radical (unpaired) electrons. The first-order valence-corrected chi connectivity index (χ1v) is 9.59. The topological polar surface area (TPSA) is 212 Å². The number of guanidine groups is 1. The highest BCUT2D eigenvalue weighted by Crippen LogP contribution is 2.24. The molecular formula is C16H22N6O7S. The minimum atomic E-state index is -3.19. The number of carboxylic acids is 3. The van der Waals surface area contributed by atoms with Gasteiger partial charge in [-0.1, -0.05) is 0 Å². The minimum absolute atomic E-state index is 0.165. The predicted molar refractivity (Wildman–Crippen MR) is 105 cm³/mol. The summed E-state index contributed by atoms with van der Waals surface area (Å²) >= 11 is 1.33. The molecule has 0 spiro atoms. The number of aliphatic carboxylic acids is 3. The van der Waals surface area contributed by atoms with Gasteiger partial charge in [-0.3, -0.25) is 15.1 Å². The Bertz CT molecular complexity index is 851. The summed E-state index contributed by atoms with van der Waals surface area (Å²) in [6, 6.07) is -2.24. The number of hydrogen-bond donors (Lipinski definition) is 6. The first-order valence-electron chi connectivity index (χ1n) is 8.44. The third-order valence-electron chi connectivity index (χ3n) is 4.09. The second kappa shape index (κ2) is 11.0. The molecule has 0 bridgehead atoms. The molecule has 0 saturated heterocycles. The summed E-state index contributed by atoms with van der Waals surface area (Å²) in [6.07, 6.45) is 1.70. The van der Waals surface area contributed by atoms with Crippen LogP contribution in [0.5, 0.6) is 0 Å². The number of aromatic amines is 1. The highest BCUT2D eigenvalue weighted by molar-refractivity contribution is 7.98. The van der Waals surface area contributed by atoms with E-state index in [-0.39, 0.29) is 18.3 Å². The number of aliphatic imine (C=N–C) groups is 1. The van der Waals surface area contributed by atoms with Gasteiger partial charge >= 0.3 is 17.9 Å². The van der Waals surface area contributed by atoms with Crippen molar-refractivity contribution in [2.24, 2.45) is 4.99 Å². The zero-order valence-corrected chi connectivity index (χ0v) is 17.0. The number of nitriles is 1. The van der Waals surface area contributed by atoms with Gasteiger partial charge in [-0.2, -0.15) is 17.0 Å². The Kier molecular flexibility index (Phi) is 9.09. The maximum Gasteiger partial charge on any atom is 0.339 e. The number of aromatic nitrogens is 2. The first kappa shape index (κ1) is 24.7. The number of thioether (sulfide) groups is 1. The zero-order chi connectivity index (χ0) is 22.9. The highest BCUT2D eigenvalue weighted by Gasteiger charge is 2.53. The molecule has 0 aromatic carbocycles. The van der Waals surface area contributed by atoms with Crippen molar-refractivity contribution >= 4 is 35.6 Å². The molecular weight excluding hydrogens is 420 g/mol. The van der Waals surface area contributed by atoms with Gasteiger partial charge in [-0.25, -0.2) is 14.6 Å². The molecule has 13 nitrogen and oxygen atoms in total. The number of rotatable bonds is 11. The third-order valence-corrected chi connectivity index (χ3v) is 5.04. The van der Waals surface area contributed by atoms with Crippen molar-refractivity contribution in [2.45, 2.75) is 30.7 Å². The van der Waals surface area contributed by atoms with Crippen LogP contribution >= 0.6 is 11.8 Å². The summed E-state index contributed by atoms with van der Waals surface area (Å²) in [5, 5.41) is 49.7. The highest BCUT2D eigenvalue weighted by atomic mass is 32.2. The van der Waals surface area contributed by atoms with Gasteiger partial charge in [-0.05, 0) is 6.92 Å². The van der Waals surface area contributed by atoms with Crippen LogP contribution in [0.4, 0.5) is 0 Å². The maximum absolute atomic E-state index is 11.9. The van der Waals surface area contributed by atoms with Gasteiger partial charge in [0.25, 0.3) is 0 Å².